The van der Waals surface area contributed by atoms with Crippen molar-refractivity contribution in [3.63, 3.8) is 0 Å². The Kier molecular flexibility index (Phi) is 5.50. The molecule has 0 heterocycles. The molecule has 0 unspecified atom stereocenters. The molecule has 2 aromatic carbocycles. The number of rotatable bonds is 5. The number of benzene rings is 2. The first kappa shape index (κ1) is 14.9. The van der Waals surface area contributed by atoms with Gasteiger partial charge in [0, 0.05) is 23.5 Å². The van der Waals surface area contributed by atoms with Gasteiger partial charge in [-0.1, -0.05) is 48.0 Å². The van der Waals surface area contributed by atoms with E-state index in [4.69, 9.17) is 11.6 Å². The van der Waals surface area contributed by atoms with Crippen LogP contribution in [-0.4, -0.2) is 23.6 Å². The number of nitrogens with zero attached hydrogens (tertiary/aromatic N) is 1. The summed E-state index contributed by atoms with van der Waals surface area (Å²) in [5.74, 6) is 0.532. The average Bonchev–Trinajstić information content (AvgIpc) is 2.48. The summed E-state index contributed by atoms with van der Waals surface area (Å²) in [6.07, 6.45) is 0. The fourth-order valence-electron chi connectivity index (χ4n) is 1.74. The van der Waals surface area contributed by atoms with Crippen LogP contribution in [0.4, 0.5) is 0 Å². The lowest BCUT2D eigenvalue weighted by molar-refractivity contribution is -0.127. The van der Waals surface area contributed by atoms with Crippen molar-refractivity contribution >= 4 is 29.3 Å². The fraction of sp³-hybridized carbons (Fsp3) is 0.188. The van der Waals surface area contributed by atoms with Crippen molar-refractivity contribution in [2.24, 2.45) is 0 Å². The highest BCUT2D eigenvalue weighted by Crippen LogP contribution is 2.19. The van der Waals surface area contributed by atoms with E-state index >= 15 is 0 Å². The lowest BCUT2D eigenvalue weighted by Gasteiger charge is -2.17. The van der Waals surface area contributed by atoms with E-state index in [2.05, 4.69) is 0 Å². The second kappa shape index (κ2) is 7.36. The molecule has 20 heavy (non-hydrogen) atoms. The number of thioether (sulfide) groups is 1. The zero-order chi connectivity index (χ0) is 14.4. The van der Waals surface area contributed by atoms with Crippen molar-refractivity contribution in [3.8, 4) is 0 Å². The van der Waals surface area contributed by atoms with Crippen LogP contribution in [0, 0.1) is 0 Å². The summed E-state index contributed by atoms with van der Waals surface area (Å²) in [6, 6.07) is 17.5. The van der Waals surface area contributed by atoms with E-state index in [9.17, 15) is 4.79 Å². The molecule has 104 valence electrons. The first-order chi connectivity index (χ1) is 9.66. The minimum Gasteiger partial charge on any atom is -0.341 e. The highest BCUT2D eigenvalue weighted by Gasteiger charge is 2.11. The van der Waals surface area contributed by atoms with Gasteiger partial charge < -0.3 is 4.90 Å². The lowest BCUT2D eigenvalue weighted by Crippen LogP contribution is -2.27. The zero-order valence-corrected chi connectivity index (χ0v) is 12.8. The molecular weight excluding hydrogens is 290 g/mol. The van der Waals surface area contributed by atoms with Gasteiger partial charge in [-0.05, 0) is 23.8 Å². The van der Waals surface area contributed by atoms with Gasteiger partial charge in [0.05, 0.1) is 5.75 Å². The van der Waals surface area contributed by atoms with Crippen LogP contribution >= 0.6 is 23.4 Å². The maximum atomic E-state index is 12.1. The van der Waals surface area contributed by atoms with Gasteiger partial charge in [-0.25, -0.2) is 0 Å². The monoisotopic (exact) mass is 305 g/mol. The van der Waals surface area contributed by atoms with Crippen molar-refractivity contribution in [1.82, 2.24) is 4.90 Å². The molecule has 0 radical (unpaired) electrons. The third-order valence-corrected chi connectivity index (χ3v) is 4.26. The van der Waals surface area contributed by atoms with E-state index in [1.165, 1.54) is 0 Å². The van der Waals surface area contributed by atoms with Gasteiger partial charge in [0.2, 0.25) is 5.91 Å². The molecule has 0 N–H and O–H groups in total. The van der Waals surface area contributed by atoms with Crippen LogP contribution in [-0.2, 0) is 11.3 Å². The van der Waals surface area contributed by atoms with Crippen molar-refractivity contribution in [2.75, 3.05) is 12.8 Å². The Labute approximate surface area is 128 Å². The standard InChI is InChI=1S/C16H16ClNOS/c1-18(11-13-7-5-6-10-15(13)17)16(19)12-20-14-8-3-2-4-9-14/h2-10H,11-12H2,1H3. The molecular formula is C16H16ClNOS. The Bertz CT molecular complexity index is 574. The zero-order valence-electron chi connectivity index (χ0n) is 11.3. The van der Waals surface area contributed by atoms with Crippen molar-refractivity contribution in [2.45, 2.75) is 11.4 Å². The van der Waals surface area contributed by atoms with Crippen LogP contribution in [0.5, 0.6) is 0 Å². The molecule has 0 bridgehead atoms. The summed E-state index contributed by atoms with van der Waals surface area (Å²) in [5, 5.41) is 0.697. The second-order valence-corrected chi connectivity index (χ2v) is 5.90. The Morgan fingerprint density at radius 1 is 1.10 bits per heavy atom. The molecule has 0 spiro atoms. The number of hydrogen-bond acceptors (Lipinski definition) is 2. The molecule has 4 heteroatoms. The van der Waals surface area contributed by atoms with Gasteiger partial charge in [0.1, 0.15) is 0 Å². The van der Waals surface area contributed by atoms with E-state index < -0.39 is 0 Å². The van der Waals surface area contributed by atoms with Gasteiger partial charge in [-0.2, -0.15) is 0 Å². The summed E-state index contributed by atoms with van der Waals surface area (Å²) in [7, 11) is 1.80. The minimum atomic E-state index is 0.0961. The minimum absolute atomic E-state index is 0.0961. The molecule has 0 aliphatic heterocycles. The quantitative estimate of drug-likeness (QED) is 0.775. The predicted octanol–water partition coefficient (Wildman–Crippen LogP) is 4.09. The average molecular weight is 306 g/mol. The first-order valence-corrected chi connectivity index (χ1v) is 7.68. The van der Waals surface area contributed by atoms with Gasteiger partial charge in [-0.3, -0.25) is 4.79 Å². The summed E-state index contributed by atoms with van der Waals surface area (Å²) in [6.45, 7) is 0.536. The van der Waals surface area contributed by atoms with Gasteiger partial charge in [0.25, 0.3) is 0 Å². The van der Waals surface area contributed by atoms with Gasteiger partial charge in [-0.15, -0.1) is 11.8 Å². The summed E-state index contributed by atoms with van der Waals surface area (Å²) in [4.78, 5) is 14.9. The molecule has 0 aromatic heterocycles. The molecule has 0 saturated carbocycles. The van der Waals surface area contributed by atoms with Crippen LogP contribution in [0.2, 0.25) is 5.02 Å². The van der Waals surface area contributed by atoms with Crippen LogP contribution in [0.15, 0.2) is 59.5 Å². The number of hydrogen-bond donors (Lipinski definition) is 0. The summed E-state index contributed by atoms with van der Waals surface area (Å²) in [5.41, 5.74) is 0.967. The normalized spacial score (nSPS) is 10.3. The molecule has 2 aromatic rings. The van der Waals surface area contributed by atoms with Crippen LogP contribution in [0.25, 0.3) is 0 Å². The van der Waals surface area contributed by atoms with Crippen LogP contribution in [0.3, 0.4) is 0 Å². The molecule has 2 rings (SSSR count). The van der Waals surface area contributed by atoms with Crippen molar-refractivity contribution in [3.05, 3.63) is 65.2 Å². The Hall–Kier alpha value is -1.45. The number of halogens is 1. The van der Waals surface area contributed by atoms with E-state index in [1.807, 2.05) is 54.6 Å². The summed E-state index contributed by atoms with van der Waals surface area (Å²) >= 11 is 7.65. The Balaban J connectivity index is 1.88. The fourth-order valence-corrected chi connectivity index (χ4v) is 2.80. The third-order valence-electron chi connectivity index (χ3n) is 2.90. The number of carbonyl (C=O) groups excluding carboxylic acids is 1. The SMILES string of the molecule is CN(Cc1ccccc1Cl)C(=O)CSc1ccccc1. The Morgan fingerprint density at radius 3 is 2.45 bits per heavy atom. The summed E-state index contributed by atoms with van der Waals surface area (Å²) < 4.78 is 0. The van der Waals surface area contributed by atoms with Crippen LogP contribution < -0.4 is 0 Å². The molecule has 0 atom stereocenters. The highest BCUT2D eigenvalue weighted by atomic mass is 35.5. The first-order valence-electron chi connectivity index (χ1n) is 6.32. The maximum absolute atomic E-state index is 12.1. The van der Waals surface area contributed by atoms with Crippen LogP contribution in [0.1, 0.15) is 5.56 Å². The maximum Gasteiger partial charge on any atom is 0.232 e. The molecule has 0 fully saturated rings. The lowest BCUT2D eigenvalue weighted by atomic mass is 10.2. The van der Waals surface area contributed by atoms with E-state index in [0.29, 0.717) is 17.3 Å². The smallest absolute Gasteiger partial charge is 0.232 e. The highest BCUT2D eigenvalue weighted by molar-refractivity contribution is 8.00. The molecule has 2 nitrogen and oxygen atoms in total. The van der Waals surface area contributed by atoms with E-state index in [0.717, 1.165) is 10.5 Å². The second-order valence-electron chi connectivity index (χ2n) is 4.44. The van der Waals surface area contributed by atoms with Gasteiger partial charge >= 0.3 is 0 Å². The number of carbonyl (C=O) groups is 1. The third kappa shape index (κ3) is 4.29. The van der Waals surface area contributed by atoms with Crippen molar-refractivity contribution < 1.29 is 4.79 Å². The predicted molar refractivity (Wildman–Crippen MR) is 85.1 cm³/mol. The van der Waals surface area contributed by atoms with E-state index in [-0.39, 0.29) is 5.91 Å². The van der Waals surface area contributed by atoms with Gasteiger partial charge in [0.15, 0.2) is 0 Å². The molecule has 0 aliphatic rings. The molecule has 0 aliphatic carbocycles. The topological polar surface area (TPSA) is 20.3 Å². The van der Waals surface area contributed by atoms with E-state index in [1.54, 1.807) is 23.7 Å². The number of amides is 1. The largest absolute Gasteiger partial charge is 0.341 e. The molecule has 1 amide bonds. The van der Waals surface area contributed by atoms with Crippen molar-refractivity contribution in [1.29, 1.82) is 0 Å². The Morgan fingerprint density at radius 2 is 1.75 bits per heavy atom. The molecule has 0 saturated heterocycles.